The van der Waals surface area contributed by atoms with Gasteiger partial charge in [-0.2, -0.15) is 0 Å². The van der Waals surface area contributed by atoms with Crippen molar-refractivity contribution >= 4 is 0 Å². The maximum atomic E-state index is 2.73. The van der Waals surface area contributed by atoms with Gasteiger partial charge in [-0.15, -0.1) is 0 Å². The SMILES string of the molecule is CCCCC(C)C(CCCC)C(/C=C\CC/C=C\C(CCC)N(CC1C=CCCC1C)C1=CC(C)C=C1)CC. The Morgan fingerprint density at radius 3 is 2.23 bits per heavy atom. The molecule has 2 aliphatic rings. The minimum atomic E-state index is 0.490. The van der Waals surface area contributed by atoms with Crippen molar-refractivity contribution < 1.29 is 0 Å². The van der Waals surface area contributed by atoms with Crippen LogP contribution in [0.25, 0.3) is 0 Å². The van der Waals surface area contributed by atoms with Gasteiger partial charge in [0.25, 0.3) is 0 Å². The number of rotatable bonds is 20. The highest BCUT2D eigenvalue weighted by molar-refractivity contribution is 5.29. The Hall–Kier alpha value is -1.50. The van der Waals surface area contributed by atoms with Crippen LogP contribution in [-0.4, -0.2) is 17.5 Å². The summed E-state index contributed by atoms with van der Waals surface area (Å²) in [6, 6.07) is 0.490. The van der Waals surface area contributed by atoms with Crippen molar-refractivity contribution in [3.8, 4) is 0 Å². The largest absolute Gasteiger partial charge is 0.365 e. The molecule has 7 atom stereocenters. The highest BCUT2D eigenvalue weighted by Crippen LogP contribution is 2.33. The van der Waals surface area contributed by atoms with E-state index in [1.54, 1.807) is 0 Å². The molecule has 39 heavy (non-hydrogen) atoms. The first-order valence-electron chi connectivity index (χ1n) is 17.1. The number of hydrogen-bond donors (Lipinski definition) is 0. The summed E-state index contributed by atoms with van der Waals surface area (Å²) < 4.78 is 0. The molecule has 0 aromatic rings. The van der Waals surface area contributed by atoms with Crippen molar-refractivity contribution in [1.29, 1.82) is 0 Å². The highest BCUT2D eigenvalue weighted by Gasteiger charge is 2.26. The summed E-state index contributed by atoms with van der Waals surface area (Å²) in [5.41, 5.74) is 1.44. The van der Waals surface area contributed by atoms with Crippen molar-refractivity contribution in [2.45, 2.75) is 138 Å². The molecule has 7 unspecified atom stereocenters. The number of nitrogens with zero attached hydrogens (tertiary/aromatic N) is 1. The van der Waals surface area contributed by atoms with Crippen LogP contribution in [0, 0.1) is 35.5 Å². The van der Waals surface area contributed by atoms with Gasteiger partial charge in [0.15, 0.2) is 0 Å². The highest BCUT2D eigenvalue weighted by atomic mass is 15.2. The molecule has 0 saturated heterocycles. The second kappa shape index (κ2) is 19.6. The van der Waals surface area contributed by atoms with Crippen LogP contribution in [0.5, 0.6) is 0 Å². The molecule has 0 amide bonds. The van der Waals surface area contributed by atoms with Crippen molar-refractivity contribution in [3.63, 3.8) is 0 Å². The van der Waals surface area contributed by atoms with Gasteiger partial charge in [-0.3, -0.25) is 0 Å². The van der Waals surface area contributed by atoms with E-state index in [0.29, 0.717) is 17.9 Å². The number of hydrogen-bond acceptors (Lipinski definition) is 1. The first kappa shape index (κ1) is 33.7. The molecule has 0 fully saturated rings. The molecule has 2 rings (SSSR count). The molecule has 0 heterocycles. The van der Waals surface area contributed by atoms with Crippen molar-refractivity contribution in [1.82, 2.24) is 4.90 Å². The average molecular weight is 536 g/mol. The normalized spacial score (nSPS) is 24.4. The van der Waals surface area contributed by atoms with E-state index in [2.05, 4.69) is 108 Å². The molecule has 1 nitrogen and oxygen atoms in total. The molecule has 222 valence electrons. The zero-order chi connectivity index (χ0) is 28.5. The van der Waals surface area contributed by atoms with Crippen LogP contribution >= 0.6 is 0 Å². The Balaban J connectivity index is 2.03. The Bertz CT molecular complexity index is 783. The van der Waals surface area contributed by atoms with Gasteiger partial charge >= 0.3 is 0 Å². The lowest BCUT2D eigenvalue weighted by atomic mass is 9.75. The molecule has 0 aromatic carbocycles. The standard InChI is InChI=1S/C38H65N/c1-8-12-21-33(7)38(26-13-9-2)34(11-4)23-16-14-15-17-25-36(20-10-3)39(37-28-27-31(5)29-37)30-35-24-19-18-22-32(35)6/h16-17,19,23-25,27-29,31-36,38H,8-15,18,20-22,26,30H2,1-7H3/b23-16-,25-17-. The Morgan fingerprint density at radius 2 is 1.62 bits per heavy atom. The summed E-state index contributed by atoms with van der Waals surface area (Å²) in [4.78, 5) is 2.73. The topological polar surface area (TPSA) is 3.24 Å². The van der Waals surface area contributed by atoms with Gasteiger partial charge in [0, 0.05) is 18.3 Å². The first-order valence-corrected chi connectivity index (χ1v) is 17.1. The molecule has 0 N–H and O–H groups in total. The summed E-state index contributed by atoms with van der Waals surface area (Å²) in [5, 5.41) is 0. The van der Waals surface area contributed by atoms with Gasteiger partial charge < -0.3 is 4.90 Å². The molecule has 0 radical (unpaired) electrons. The zero-order valence-electron chi connectivity index (χ0n) is 27.1. The van der Waals surface area contributed by atoms with Crippen molar-refractivity contribution in [2.24, 2.45) is 35.5 Å². The maximum absolute atomic E-state index is 2.73. The van der Waals surface area contributed by atoms with Gasteiger partial charge in [-0.25, -0.2) is 0 Å². The van der Waals surface area contributed by atoms with E-state index in [9.17, 15) is 0 Å². The van der Waals surface area contributed by atoms with E-state index < -0.39 is 0 Å². The van der Waals surface area contributed by atoms with E-state index >= 15 is 0 Å². The maximum Gasteiger partial charge on any atom is 0.0473 e. The number of allylic oxidation sites excluding steroid dienone is 7. The number of unbranched alkanes of at least 4 members (excludes halogenated alkanes) is 3. The first-order chi connectivity index (χ1) is 18.9. The quantitative estimate of drug-likeness (QED) is 0.111. The second-order valence-corrected chi connectivity index (χ2v) is 12.9. The van der Waals surface area contributed by atoms with Gasteiger partial charge in [-0.1, -0.05) is 136 Å². The van der Waals surface area contributed by atoms with Crippen molar-refractivity contribution in [2.75, 3.05) is 6.54 Å². The second-order valence-electron chi connectivity index (χ2n) is 12.9. The monoisotopic (exact) mass is 536 g/mol. The van der Waals surface area contributed by atoms with Crippen LogP contribution in [-0.2, 0) is 0 Å². The summed E-state index contributed by atoms with van der Waals surface area (Å²) in [6.07, 6.45) is 39.1. The summed E-state index contributed by atoms with van der Waals surface area (Å²) in [5.74, 6) is 4.41. The fourth-order valence-electron chi connectivity index (χ4n) is 6.81. The van der Waals surface area contributed by atoms with Gasteiger partial charge in [-0.05, 0) is 86.5 Å². The van der Waals surface area contributed by atoms with E-state index in [-0.39, 0.29) is 0 Å². The minimum absolute atomic E-state index is 0.490. The lowest BCUT2D eigenvalue weighted by Gasteiger charge is -2.37. The molecule has 1 heteroatoms. The summed E-state index contributed by atoms with van der Waals surface area (Å²) in [6.45, 7) is 17.8. The van der Waals surface area contributed by atoms with Crippen LogP contribution in [0.1, 0.15) is 132 Å². The van der Waals surface area contributed by atoms with Crippen LogP contribution in [0.2, 0.25) is 0 Å². The lowest BCUT2D eigenvalue weighted by molar-refractivity contribution is 0.223. The predicted octanol–water partition coefficient (Wildman–Crippen LogP) is 11.7. The fraction of sp³-hybridized carbons (Fsp3) is 0.737. The molecule has 0 saturated carbocycles. The third-order valence-corrected chi connectivity index (χ3v) is 9.53. The van der Waals surface area contributed by atoms with E-state index in [4.69, 9.17) is 0 Å². The molecule has 0 aliphatic heterocycles. The van der Waals surface area contributed by atoms with Gasteiger partial charge in [0.05, 0.1) is 0 Å². The van der Waals surface area contributed by atoms with E-state index in [1.807, 2.05) is 0 Å². The Labute approximate surface area is 245 Å². The lowest BCUT2D eigenvalue weighted by Crippen LogP contribution is -2.38. The van der Waals surface area contributed by atoms with Crippen molar-refractivity contribution in [3.05, 3.63) is 60.4 Å². The van der Waals surface area contributed by atoms with Gasteiger partial charge in [0.1, 0.15) is 0 Å². The van der Waals surface area contributed by atoms with E-state index in [1.165, 1.54) is 76.3 Å². The molecule has 0 spiro atoms. The summed E-state index contributed by atoms with van der Waals surface area (Å²) >= 11 is 0. The van der Waals surface area contributed by atoms with E-state index in [0.717, 1.165) is 43.1 Å². The molecule has 0 bridgehead atoms. The summed E-state index contributed by atoms with van der Waals surface area (Å²) in [7, 11) is 0. The molecule has 0 aromatic heterocycles. The molecule has 2 aliphatic carbocycles. The van der Waals surface area contributed by atoms with Gasteiger partial charge in [0.2, 0.25) is 0 Å². The smallest absolute Gasteiger partial charge is 0.0473 e. The van der Waals surface area contributed by atoms with Crippen LogP contribution in [0.3, 0.4) is 0 Å². The predicted molar refractivity (Wildman–Crippen MR) is 176 cm³/mol. The zero-order valence-corrected chi connectivity index (χ0v) is 27.1. The Kier molecular flexibility index (Phi) is 16.9. The Morgan fingerprint density at radius 1 is 0.897 bits per heavy atom. The molecular weight excluding hydrogens is 470 g/mol. The average Bonchev–Trinajstić information content (AvgIpc) is 3.37. The third-order valence-electron chi connectivity index (χ3n) is 9.53. The van der Waals surface area contributed by atoms with Crippen LogP contribution in [0.4, 0.5) is 0 Å². The van der Waals surface area contributed by atoms with Crippen LogP contribution < -0.4 is 0 Å². The molecular formula is C38H65N. The minimum Gasteiger partial charge on any atom is -0.365 e. The van der Waals surface area contributed by atoms with Crippen LogP contribution in [0.15, 0.2) is 60.4 Å². The third kappa shape index (κ3) is 11.9. The fourth-order valence-corrected chi connectivity index (χ4v) is 6.81.